The third kappa shape index (κ3) is 3.55. The molecule has 0 aromatic heterocycles. The average molecular weight is 244 g/mol. The zero-order chi connectivity index (χ0) is 13.7. The van der Waals surface area contributed by atoms with Crippen LogP contribution in [-0.2, 0) is 4.79 Å². The van der Waals surface area contributed by atoms with Gasteiger partial charge in [0.1, 0.15) is 6.29 Å². The van der Waals surface area contributed by atoms with Gasteiger partial charge in [-0.25, -0.2) is 4.99 Å². The predicted octanol–water partition coefficient (Wildman–Crippen LogP) is 2.74. The minimum Gasteiger partial charge on any atom is -0.369 e. The van der Waals surface area contributed by atoms with Crippen molar-refractivity contribution < 1.29 is 4.79 Å². The fourth-order valence-electron chi connectivity index (χ4n) is 1.64. The topological polar surface area (TPSA) is 32.7 Å². The van der Waals surface area contributed by atoms with Crippen molar-refractivity contribution in [2.75, 3.05) is 14.1 Å². The van der Waals surface area contributed by atoms with Gasteiger partial charge < -0.3 is 4.90 Å². The quantitative estimate of drug-likeness (QED) is 0.353. The van der Waals surface area contributed by atoms with E-state index in [1.807, 2.05) is 19.0 Å². The van der Waals surface area contributed by atoms with E-state index in [-0.39, 0.29) is 0 Å². The van der Waals surface area contributed by atoms with Crippen molar-refractivity contribution in [2.24, 2.45) is 4.99 Å². The minimum atomic E-state index is 0.685. The van der Waals surface area contributed by atoms with Crippen LogP contribution in [0.1, 0.15) is 22.3 Å². The summed E-state index contributed by atoms with van der Waals surface area (Å²) in [6.07, 6.45) is 3.95. The number of aryl methyl sites for hydroxylation is 2. The van der Waals surface area contributed by atoms with Gasteiger partial charge in [-0.2, -0.15) is 0 Å². The van der Waals surface area contributed by atoms with Crippen molar-refractivity contribution >= 4 is 18.3 Å². The summed E-state index contributed by atoms with van der Waals surface area (Å²) in [5.74, 6) is 0. The summed E-state index contributed by atoms with van der Waals surface area (Å²) in [5, 5.41) is 0. The zero-order valence-corrected chi connectivity index (χ0v) is 11.7. The molecule has 1 rings (SSSR count). The number of allylic oxidation sites excluding steroid dienone is 1. The smallest absolute Gasteiger partial charge is 0.145 e. The van der Waals surface area contributed by atoms with Gasteiger partial charge in [-0.3, -0.25) is 4.79 Å². The molecule has 3 nitrogen and oxygen atoms in total. The number of rotatable bonds is 4. The first-order valence-electron chi connectivity index (χ1n) is 5.90. The Labute approximate surface area is 109 Å². The summed E-state index contributed by atoms with van der Waals surface area (Å²) in [6, 6.07) is 4.12. The lowest BCUT2D eigenvalue weighted by Crippen LogP contribution is -2.07. The lowest BCUT2D eigenvalue weighted by atomic mass is 9.99. The molecule has 3 heteroatoms. The largest absolute Gasteiger partial charge is 0.369 e. The molecular formula is C15H20N2O. The molecule has 96 valence electrons. The Morgan fingerprint density at radius 2 is 1.72 bits per heavy atom. The number of benzene rings is 1. The highest BCUT2D eigenvalue weighted by Crippen LogP contribution is 2.22. The molecule has 0 aliphatic heterocycles. The van der Waals surface area contributed by atoms with Gasteiger partial charge in [-0.1, -0.05) is 0 Å². The molecule has 0 aliphatic carbocycles. The van der Waals surface area contributed by atoms with E-state index in [0.717, 1.165) is 11.8 Å². The van der Waals surface area contributed by atoms with Crippen molar-refractivity contribution in [3.63, 3.8) is 0 Å². The van der Waals surface area contributed by atoms with E-state index < -0.39 is 0 Å². The molecule has 0 saturated carbocycles. The number of aldehydes is 1. The Bertz CT molecular complexity index is 476. The van der Waals surface area contributed by atoms with Gasteiger partial charge in [0.25, 0.3) is 0 Å². The summed E-state index contributed by atoms with van der Waals surface area (Å²) >= 11 is 0. The SMILES string of the molecule is Cc1cc(/C(=C/C=O)N=CN(C)C)cc(C)c1C. The normalized spacial score (nSPS) is 11.9. The van der Waals surface area contributed by atoms with Crippen LogP contribution in [0.2, 0.25) is 0 Å². The summed E-state index contributed by atoms with van der Waals surface area (Å²) in [7, 11) is 3.79. The van der Waals surface area contributed by atoms with Crippen LogP contribution in [0.4, 0.5) is 0 Å². The van der Waals surface area contributed by atoms with Gasteiger partial charge in [-0.05, 0) is 49.6 Å². The Kier molecular flexibility index (Phi) is 4.84. The molecule has 0 N–H and O–H groups in total. The molecule has 0 atom stereocenters. The van der Waals surface area contributed by atoms with E-state index in [9.17, 15) is 4.79 Å². The van der Waals surface area contributed by atoms with Crippen LogP contribution in [0.3, 0.4) is 0 Å². The van der Waals surface area contributed by atoms with Crippen LogP contribution in [0, 0.1) is 20.8 Å². The van der Waals surface area contributed by atoms with Crippen LogP contribution in [0.15, 0.2) is 23.2 Å². The van der Waals surface area contributed by atoms with Gasteiger partial charge in [0.05, 0.1) is 12.0 Å². The Hall–Kier alpha value is -1.90. The molecule has 1 aromatic rings. The summed E-state index contributed by atoms with van der Waals surface area (Å²) in [4.78, 5) is 16.9. The molecule has 18 heavy (non-hydrogen) atoms. The molecule has 0 bridgehead atoms. The van der Waals surface area contributed by atoms with Crippen LogP contribution < -0.4 is 0 Å². The molecule has 0 unspecified atom stereocenters. The maximum Gasteiger partial charge on any atom is 0.145 e. The second-order valence-electron chi connectivity index (χ2n) is 4.63. The summed E-state index contributed by atoms with van der Waals surface area (Å²) < 4.78 is 0. The molecule has 0 fully saturated rings. The third-order valence-electron chi connectivity index (χ3n) is 2.88. The first-order chi connectivity index (χ1) is 8.45. The van der Waals surface area contributed by atoms with E-state index in [0.29, 0.717) is 5.70 Å². The third-order valence-corrected chi connectivity index (χ3v) is 2.88. The fraction of sp³-hybridized carbons (Fsp3) is 0.333. The fourth-order valence-corrected chi connectivity index (χ4v) is 1.64. The second kappa shape index (κ2) is 6.15. The van der Waals surface area contributed by atoms with Crippen molar-refractivity contribution in [3.05, 3.63) is 40.5 Å². The number of hydrogen-bond donors (Lipinski definition) is 0. The molecule has 0 saturated heterocycles. The zero-order valence-electron chi connectivity index (χ0n) is 11.7. The van der Waals surface area contributed by atoms with E-state index in [4.69, 9.17) is 0 Å². The van der Waals surface area contributed by atoms with Crippen LogP contribution in [-0.4, -0.2) is 31.6 Å². The van der Waals surface area contributed by atoms with Crippen LogP contribution in [0.25, 0.3) is 5.70 Å². The lowest BCUT2D eigenvalue weighted by molar-refractivity contribution is -0.104. The van der Waals surface area contributed by atoms with Gasteiger partial charge in [0.2, 0.25) is 0 Å². The van der Waals surface area contributed by atoms with E-state index in [1.165, 1.54) is 22.8 Å². The maximum absolute atomic E-state index is 10.7. The highest BCUT2D eigenvalue weighted by atomic mass is 16.1. The molecule has 0 heterocycles. The Balaban J connectivity index is 3.23. The highest BCUT2D eigenvalue weighted by molar-refractivity contribution is 5.84. The van der Waals surface area contributed by atoms with Gasteiger partial charge in [-0.15, -0.1) is 0 Å². The van der Waals surface area contributed by atoms with E-state index in [2.05, 4.69) is 37.9 Å². The Morgan fingerprint density at radius 3 is 2.17 bits per heavy atom. The van der Waals surface area contributed by atoms with Gasteiger partial charge >= 0.3 is 0 Å². The number of hydrogen-bond acceptors (Lipinski definition) is 2. The molecule has 0 spiro atoms. The number of carbonyl (C=O) groups is 1. The predicted molar refractivity (Wildman–Crippen MR) is 76.9 cm³/mol. The number of carbonyl (C=O) groups excluding carboxylic acids is 1. The van der Waals surface area contributed by atoms with Crippen molar-refractivity contribution in [1.29, 1.82) is 0 Å². The Morgan fingerprint density at radius 1 is 1.17 bits per heavy atom. The first-order valence-corrected chi connectivity index (χ1v) is 5.90. The number of aliphatic imine (C=N–C) groups is 1. The minimum absolute atomic E-state index is 0.685. The van der Waals surface area contributed by atoms with Crippen molar-refractivity contribution in [2.45, 2.75) is 20.8 Å². The molecule has 0 aliphatic rings. The van der Waals surface area contributed by atoms with Crippen molar-refractivity contribution in [3.8, 4) is 0 Å². The highest BCUT2D eigenvalue weighted by Gasteiger charge is 2.04. The molecule has 0 amide bonds. The van der Waals surface area contributed by atoms with Crippen molar-refractivity contribution in [1.82, 2.24) is 4.90 Å². The number of nitrogens with zero attached hydrogens (tertiary/aromatic N) is 2. The summed E-state index contributed by atoms with van der Waals surface area (Å²) in [6.45, 7) is 6.24. The maximum atomic E-state index is 10.7. The van der Waals surface area contributed by atoms with Gasteiger partial charge in [0.15, 0.2) is 0 Å². The standard InChI is InChI=1S/C15H20N2O/c1-11-8-14(9-12(2)13(11)3)15(6-7-18)16-10-17(4)5/h6-10H,1-5H3/b15-6-,16-10?. The van der Waals surface area contributed by atoms with Crippen LogP contribution >= 0.6 is 0 Å². The molecule has 0 radical (unpaired) electrons. The average Bonchev–Trinajstić information content (AvgIpc) is 2.30. The monoisotopic (exact) mass is 244 g/mol. The molecular weight excluding hydrogens is 224 g/mol. The van der Waals surface area contributed by atoms with E-state index in [1.54, 1.807) is 6.34 Å². The first kappa shape index (κ1) is 14.2. The molecule has 1 aromatic carbocycles. The van der Waals surface area contributed by atoms with Gasteiger partial charge in [0, 0.05) is 25.7 Å². The second-order valence-corrected chi connectivity index (χ2v) is 4.63. The lowest BCUT2D eigenvalue weighted by Gasteiger charge is -2.10. The van der Waals surface area contributed by atoms with E-state index >= 15 is 0 Å². The van der Waals surface area contributed by atoms with Crippen LogP contribution in [0.5, 0.6) is 0 Å². The summed E-state index contributed by atoms with van der Waals surface area (Å²) in [5.41, 5.74) is 5.36.